The van der Waals surface area contributed by atoms with E-state index in [4.69, 9.17) is 21.4 Å². The van der Waals surface area contributed by atoms with Gasteiger partial charge in [0, 0.05) is 8.95 Å². The fraction of sp³-hybridized carbons (Fsp3) is 0.273. The Morgan fingerprint density at radius 2 is 1.22 bits per heavy atom. The maximum atomic E-state index is 13.6. The molecule has 0 saturated carbocycles. The van der Waals surface area contributed by atoms with Crippen LogP contribution in [0.25, 0.3) is 0 Å². The average Bonchev–Trinajstić information content (AvgIpc) is 2.66. The minimum absolute atomic E-state index is 0.137. The second-order valence-corrected chi connectivity index (χ2v) is 9.48. The normalized spacial score (nSPS) is 10.9. The molecular weight excluding hydrogens is 552 g/mol. The minimum atomic E-state index is -1.34. The third kappa shape index (κ3) is 6.12. The SMILES string of the molecule is CC(C)(C#N)c1cc(F)c(C(=O)O)c(Br)c1.CC(C)(C#N)c1cc(F)c(C(N)=O)c(Br)c1. The van der Waals surface area contributed by atoms with Crippen molar-refractivity contribution in [3.05, 3.63) is 67.1 Å². The fourth-order valence-electron chi connectivity index (χ4n) is 2.44. The van der Waals surface area contributed by atoms with Crippen LogP contribution in [-0.2, 0) is 10.8 Å². The third-order valence-corrected chi connectivity index (χ3v) is 5.80. The Hall–Kier alpha value is -2.82. The highest BCUT2D eigenvalue weighted by molar-refractivity contribution is 9.10. The Labute approximate surface area is 200 Å². The number of halogens is 4. The van der Waals surface area contributed by atoms with E-state index in [1.165, 1.54) is 12.1 Å². The minimum Gasteiger partial charge on any atom is -0.478 e. The predicted octanol–water partition coefficient (Wildman–Crippen LogP) is 5.58. The van der Waals surface area contributed by atoms with Gasteiger partial charge in [0.05, 0.1) is 28.5 Å². The number of nitrogens with two attached hydrogens (primary N) is 1. The quantitative estimate of drug-likeness (QED) is 0.496. The van der Waals surface area contributed by atoms with Crippen LogP contribution in [0, 0.1) is 34.3 Å². The summed E-state index contributed by atoms with van der Waals surface area (Å²) in [5.74, 6) is -3.75. The zero-order valence-corrected chi connectivity index (χ0v) is 20.7. The van der Waals surface area contributed by atoms with Gasteiger partial charge in [-0.1, -0.05) is 0 Å². The molecule has 0 aliphatic rings. The molecule has 2 aromatic rings. The first-order chi connectivity index (χ1) is 14.6. The summed E-state index contributed by atoms with van der Waals surface area (Å²) in [4.78, 5) is 21.7. The molecule has 168 valence electrons. The van der Waals surface area contributed by atoms with Gasteiger partial charge in [0.1, 0.15) is 17.2 Å². The molecule has 10 heteroatoms. The van der Waals surface area contributed by atoms with Crippen LogP contribution in [0.2, 0.25) is 0 Å². The molecule has 0 fully saturated rings. The molecule has 0 aliphatic carbocycles. The summed E-state index contributed by atoms with van der Waals surface area (Å²) < 4.78 is 27.5. The number of hydrogen-bond acceptors (Lipinski definition) is 4. The van der Waals surface area contributed by atoms with E-state index in [1.54, 1.807) is 27.7 Å². The number of aromatic carboxylic acids is 1. The Bertz CT molecular complexity index is 1030. The fourth-order valence-corrected chi connectivity index (χ4v) is 3.67. The highest BCUT2D eigenvalue weighted by atomic mass is 79.9. The van der Waals surface area contributed by atoms with Gasteiger partial charge in [-0.3, -0.25) is 4.79 Å². The molecule has 2 rings (SSSR count). The number of nitrogens with zero attached hydrogens (tertiary/aromatic N) is 2. The van der Waals surface area contributed by atoms with Crippen LogP contribution in [-0.4, -0.2) is 17.0 Å². The molecule has 0 heterocycles. The first-order valence-corrected chi connectivity index (χ1v) is 10.5. The van der Waals surface area contributed by atoms with Crippen LogP contribution in [0.5, 0.6) is 0 Å². The largest absolute Gasteiger partial charge is 0.478 e. The van der Waals surface area contributed by atoms with Crippen molar-refractivity contribution in [2.75, 3.05) is 0 Å². The van der Waals surface area contributed by atoms with E-state index in [-0.39, 0.29) is 14.5 Å². The summed E-state index contributed by atoms with van der Waals surface area (Å²) in [6.07, 6.45) is 0. The number of nitriles is 2. The van der Waals surface area contributed by atoms with Crippen LogP contribution < -0.4 is 5.73 Å². The van der Waals surface area contributed by atoms with Crippen LogP contribution in [0.4, 0.5) is 8.78 Å². The summed E-state index contributed by atoms with van der Waals surface area (Å²) in [7, 11) is 0. The van der Waals surface area contributed by atoms with Crippen LogP contribution in [0.15, 0.2) is 33.2 Å². The molecule has 0 atom stereocenters. The van der Waals surface area contributed by atoms with Crippen LogP contribution >= 0.6 is 31.9 Å². The molecular formula is C22H19Br2F2N3O3. The van der Waals surface area contributed by atoms with Gasteiger partial charge < -0.3 is 10.8 Å². The van der Waals surface area contributed by atoms with Crippen molar-refractivity contribution in [2.24, 2.45) is 5.73 Å². The van der Waals surface area contributed by atoms with E-state index in [2.05, 4.69) is 37.9 Å². The summed E-state index contributed by atoms with van der Waals surface area (Å²) in [6, 6.07) is 9.31. The Morgan fingerprint density at radius 3 is 1.47 bits per heavy atom. The Morgan fingerprint density at radius 1 is 0.875 bits per heavy atom. The number of carboxylic acids is 1. The highest BCUT2D eigenvalue weighted by Gasteiger charge is 2.25. The van der Waals surface area contributed by atoms with Gasteiger partial charge >= 0.3 is 5.97 Å². The van der Waals surface area contributed by atoms with E-state index in [9.17, 15) is 18.4 Å². The Balaban J connectivity index is 0.000000320. The lowest BCUT2D eigenvalue weighted by atomic mass is 9.86. The summed E-state index contributed by atoms with van der Waals surface area (Å²) >= 11 is 6.06. The number of hydrogen-bond donors (Lipinski definition) is 2. The third-order valence-electron chi connectivity index (χ3n) is 4.55. The zero-order valence-electron chi connectivity index (χ0n) is 17.6. The number of benzene rings is 2. The number of rotatable bonds is 4. The smallest absolute Gasteiger partial charge is 0.339 e. The van der Waals surface area contributed by atoms with E-state index in [0.717, 1.165) is 12.1 Å². The van der Waals surface area contributed by atoms with Gasteiger partial charge in [-0.25, -0.2) is 13.6 Å². The standard InChI is InChI=1S/C11H10BrFN2O.C11H9BrFNO2/c2*1-11(2,5-14)6-3-7(12)9(10(15)16)8(13)4-6/h3-4H,1-2H3,(H2,15,16);3-4H,1-2H3,(H,15,16). The molecule has 0 aliphatic heterocycles. The van der Waals surface area contributed by atoms with Crippen molar-refractivity contribution in [3.8, 4) is 12.1 Å². The first kappa shape index (κ1) is 27.2. The van der Waals surface area contributed by atoms with Crippen molar-refractivity contribution in [1.29, 1.82) is 10.5 Å². The lowest BCUT2D eigenvalue weighted by Crippen LogP contribution is -2.18. The molecule has 0 aromatic heterocycles. The molecule has 0 bridgehead atoms. The van der Waals surface area contributed by atoms with Gasteiger partial charge in [0.25, 0.3) is 5.91 Å². The average molecular weight is 571 g/mol. The van der Waals surface area contributed by atoms with Crippen molar-refractivity contribution in [3.63, 3.8) is 0 Å². The van der Waals surface area contributed by atoms with E-state index < -0.39 is 39.9 Å². The highest BCUT2D eigenvalue weighted by Crippen LogP contribution is 2.30. The molecule has 3 N–H and O–H groups in total. The number of carboxylic acid groups (broad SMARTS) is 1. The van der Waals surface area contributed by atoms with Crippen LogP contribution in [0.3, 0.4) is 0 Å². The van der Waals surface area contributed by atoms with E-state index in [1.807, 2.05) is 6.07 Å². The maximum absolute atomic E-state index is 13.6. The number of primary amides is 1. The molecule has 0 saturated heterocycles. The van der Waals surface area contributed by atoms with Crippen molar-refractivity contribution in [1.82, 2.24) is 0 Å². The monoisotopic (exact) mass is 569 g/mol. The van der Waals surface area contributed by atoms with Gasteiger partial charge in [-0.15, -0.1) is 0 Å². The molecule has 0 radical (unpaired) electrons. The Kier molecular flexibility index (Phi) is 8.67. The maximum Gasteiger partial charge on any atom is 0.339 e. The summed E-state index contributed by atoms with van der Waals surface area (Å²) in [5, 5.41) is 26.6. The zero-order chi connectivity index (χ0) is 25.0. The second-order valence-electron chi connectivity index (χ2n) is 7.77. The van der Waals surface area contributed by atoms with Crippen molar-refractivity contribution >= 4 is 43.7 Å². The van der Waals surface area contributed by atoms with Gasteiger partial charge in [-0.05, 0) is 94.9 Å². The summed E-state index contributed by atoms with van der Waals surface area (Å²) in [6.45, 7) is 6.60. The number of amides is 1. The van der Waals surface area contributed by atoms with Gasteiger partial charge in [-0.2, -0.15) is 10.5 Å². The van der Waals surface area contributed by atoms with Crippen molar-refractivity contribution in [2.45, 2.75) is 38.5 Å². The molecule has 6 nitrogen and oxygen atoms in total. The van der Waals surface area contributed by atoms with Gasteiger partial charge in [0.2, 0.25) is 0 Å². The topological polar surface area (TPSA) is 128 Å². The predicted molar refractivity (Wildman–Crippen MR) is 121 cm³/mol. The lowest BCUT2D eigenvalue weighted by Gasteiger charge is -2.17. The van der Waals surface area contributed by atoms with E-state index in [0.29, 0.717) is 11.1 Å². The summed E-state index contributed by atoms with van der Waals surface area (Å²) in [5.41, 5.74) is 3.66. The number of carbonyl (C=O) groups excluding carboxylic acids is 1. The molecule has 32 heavy (non-hydrogen) atoms. The van der Waals surface area contributed by atoms with E-state index >= 15 is 0 Å². The molecule has 0 unspecified atom stereocenters. The number of carbonyl (C=O) groups is 2. The van der Waals surface area contributed by atoms with Crippen LogP contribution in [0.1, 0.15) is 59.5 Å². The second kappa shape index (κ2) is 10.2. The molecule has 1 amide bonds. The first-order valence-electron chi connectivity index (χ1n) is 8.93. The van der Waals surface area contributed by atoms with Crippen molar-refractivity contribution < 1.29 is 23.5 Å². The lowest BCUT2D eigenvalue weighted by molar-refractivity contribution is 0.0690. The van der Waals surface area contributed by atoms with Gasteiger partial charge in [0.15, 0.2) is 0 Å². The molecule has 2 aromatic carbocycles. The molecule has 0 spiro atoms.